The molecule has 104 valence electrons. The topological polar surface area (TPSA) is 52.6 Å². The van der Waals surface area contributed by atoms with Crippen molar-refractivity contribution in [2.75, 3.05) is 24.5 Å². The van der Waals surface area contributed by atoms with E-state index in [1.165, 1.54) is 11.1 Å². The van der Waals surface area contributed by atoms with Crippen molar-refractivity contribution in [2.24, 2.45) is 0 Å². The molecule has 1 aliphatic heterocycles. The molecule has 1 aromatic carbocycles. The zero-order chi connectivity index (χ0) is 13.8. The van der Waals surface area contributed by atoms with Gasteiger partial charge in [-0.25, -0.2) is 0 Å². The maximum Gasteiger partial charge on any atom is 0.305 e. The van der Waals surface area contributed by atoms with Gasteiger partial charge in [0.25, 0.3) is 0 Å². The standard InChI is InChI=1S/C15H22N2O2/c1-11-4-5-13(8-12(11)2)17-7-3-6-16-10-14(17)9-15(18)19/h4-5,8,14,16H,3,6-7,9-10H2,1-2H3,(H,18,19). The summed E-state index contributed by atoms with van der Waals surface area (Å²) < 4.78 is 0. The third kappa shape index (κ3) is 3.47. The number of nitrogens with one attached hydrogen (secondary N) is 1. The third-order valence-electron chi connectivity index (χ3n) is 3.81. The van der Waals surface area contributed by atoms with Crippen LogP contribution in [-0.2, 0) is 4.79 Å². The molecule has 0 aromatic heterocycles. The van der Waals surface area contributed by atoms with Gasteiger partial charge in [0, 0.05) is 18.8 Å². The molecule has 0 bridgehead atoms. The van der Waals surface area contributed by atoms with Crippen molar-refractivity contribution < 1.29 is 9.90 Å². The Kier molecular flexibility index (Phi) is 4.43. The molecule has 19 heavy (non-hydrogen) atoms. The van der Waals surface area contributed by atoms with Crippen molar-refractivity contribution in [1.29, 1.82) is 0 Å². The zero-order valence-corrected chi connectivity index (χ0v) is 11.6. The molecular formula is C15H22N2O2. The van der Waals surface area contributed by atoms with Crippen molar-refractivity contribution in [2.45, 2.75) is 32.7 Å². The number of carbonyl (C=O) groups is 1. The number of carboxylic acid groups (broad SMARTS) is 1. The van der Waals surface area contributed by atoms with Gasteiger partial charge < -0.3 is 15.3 Å². The molecule has 1 fully saturated rings. The molecular weight excluding hydrogens is 240 g/mol. The number of anilines is 1. The third-order valence-corrected chi connectivity index (χ3v) is 3.81. The van der Waals surface area contributed by atoms with Crippen LogP contribution in [0.25, 0.3) is 0 Å². The molecule has 4 nitrogen and oxygen atoms in total. The van der Waals surface area contributed by atoms with Gasteiger partial charge in [-0.15, -0.1) is 0 Å². The predicted octanol–water partition coefficient (Wildman–Crippen LogP) is 1.95. The number of aliphatic carboxylic acids is 1. The van der Waals surface area contributed by atoms with E-state index in [1.54, 1.807) is 0 Å². The minimum absolute atomic E-state index is 0.0297. The second-order valence-corrected chi connectivity index (χ2v) is 5.27. The molecule has 1 heterocycles. The summed E-state index contributed by atoms with van der Waals surface area (Å²) in [5.41, 5.74) is 3.66. The summed E-state index contributed by atoms with van der Waals surface area (Å²) in [5, 5.41) is 12.4. The van der Waals surface area contributed by atoms with Crippen molar-refractivity contribution >= 4 is 11.7 Å². The Labute approximate surface area is 114 Å². The fraction of sp³-hybridized carbons (Fsp3) is 0.533. The highest BCUT2D eigenvalue weighted by molar-refractivity contribution is 5.69. The lowest BCUT2D eigenvalue weighted by molar-refractivity contribution is -0.137. The molecule has 0 amide bonds. The van der Waals surface area contributed by atoms with Gasteiger partial charge in [0.2, 0.25) is 0 Å². The molecule has 1 aromatic rings. The van der Waals surface area contributed by atoms with E-state index in [-0.39, 0.29) is 12.5 Å². The number of nitrogens with zero attached hydrogens (tertiary/aromatic N) is 1. The summed E-state index contributed by atoms with van der Waals surface area (Å²) in [6.45, 7) is 6.79. The zero-order valence-electron chi connectivity index (χ0n) is 11.6. The first-order valence-electron chi connectivity index (χ1n) is 6.84. The van der Waals surface area contributed by atoms with Crippen molar-refractivity contribution in [3.05, 3.63) is 29.3 Å². The molecule has 4 heteroatoms. The Morgan fingerprint density at radius 3 is 2.89 bits per heavy atom. The quantitative estimate of drug-likeness (QED) is 0.874. The summed E-state index contributed by atoms with van der Waals surface area (Å²) in [7, 11) is 0. The Balaban J connectivity index is 2.25. The Hall–Kier alpha value is -1.55. The van der Waals surface area contributed by atoms with E-state index in [1.807, 2.05) is 0 Å². The Morgan fingerprint density at radius 2 is 2.21 bits per heavy atom. The number of aryl methyl sites for hydroxylation is 2. The average Bonchev–Trinajstić information content (AvgIpc) is 2.57. The molecule has 1 saturated heterocycles. The van der Waals surface area contributed by atoms with Crippen molar-refractivity contribution in [3.63, 3.8) is 0 Å². The van der Waals surface area contributed by atoms with Crippen LogP contribution >= 0.6 is 0 Å². The molecule has 0 saturated carbocycles. The van der Waals surface area contributed by atoms with Crippen LogP contribution in [0.5, 0.6) is 0 Å². The van der Waals surface area contributed by atoms with Gasteiger partial charge in [0.05, 0.1) is 12.5 Å². The molecule has 1 aliphatic rings. The molecule has 2 N–H and O–H groups in total. The van der Waals surface area contributed by atoms with E-state index in [2.05, 4.69) is 42.3 Å². The molecule has 0 aliphatic carbocycles. The number of rotatable bonds is 3. The van der Waals surface area contributed by atoms with Crippen LogP contribution in [0.4, 0.5) is 5.69 Å². The van der Waals surface area contributed by atoms with E-state index in [4.69, 9.17) is 5.11 Å². The van der Waals surface area contributed by atoms with Crippen LogP contribution in [-0.4, -0.2) is 36.8 Å². The van der Waals surface area contributed by atoms with E-state index in [0.29, 0.717) is 0 Å². The van der Waals surface area contributed by atoms with Gasteiger partial charge in [-0.2, -0.15) is 0 Å². The van der Waals surface area contributed by atoms with Crippen molar-refractivity contribution in [1.82, 2.24) is 5.32 Å². The van der Waals surface area contributed by atoms with Gasteiger partial charge in [0.1, 0.15) is 0 Å². The number of hydrogen-bond acceptors (Lipinski definition) is 3. The first kappa shape index (κ1) is 13.9. The largest absolute Gasteiger partial charge is 0.481 e. The number of benzene rings is 1. The normalized spacial score (nSPS) is 20.1. The maximum atomic E-state index is 11.0. The first-order chi connectivity index (χ1) is 9.08. The highest BCUT2D eigenvalue weighted by Crippen LogP contribution is 2.23. The highest BCUT2D eigenvalue weighted by Gasteiger charge is 2.23. The minimum atomic E-state index is -0.734. The second-order valence-electron chi connectivity index (χ2n) is 5.27. The first-order valence-corrected chi connectivity index (χ1v) is 6.84. The van der Waals surface area contributed by atoms with Crippen LogP contribution in [0.3, 0.4) is 0 Å². The fourth-order valence-corrected chi connectivity index (χ4v) is 2.56. The summed E-state index contributed by atoms with van der Waals surface area (Å²) >= 11 is 0. The Bertz CT molecular complexity index is 459. The summed E-state index contributed by atoms with van der Waals surface area (Å²) in [6.07, 6.45) is 1.23. The predicted molar refractivity (Wildman–Crippen MR) is 76.8 cm³/mol. The van der Waals surface area contributed by atoms with E-state index in [9.17, 15) is 4.79 Å². The van der Waals surface area contributed by atoms with Gasteiger partial charge in [-0.05, 0) is 50.1 Å². The molecule has 1 atom stereocenters. The highest BCUT2D eigenvalue weighted by atomic mass is 16.4. The molecule has 1 unspecified atom stereocenters. The van der Waals surface area contributed by atoms with Gasteiger partial charge in [-0.1, -0.05) is 6.07 Å². The lowest BCUT2D eigenvalue weighted by Gasteiger charge is -2.31. The lowest BCUT2D eigenvalue weighted by atomic mass is 10.1. The summed E-state index contributed by atoms with van der Waals surface area (Å²) in [4.78, 5) is 13.3. The van der Waals surface area contributed by atoms with Crippen LogP contribution < -0.4 is 10.2 Å². The van der Waals surface area contributed by atoms with Gasteiger partial charge in [0.15, 0.2) is 0 Å². The fourth-order valence-electron chi connectivity index (χ4n) is 2.56. The molecule has 0 radical (unpaired) electrons. The minimum Gasteiger partial charge on any atom is -0.481 e. The van der Waals surface area contributed by atoms with E-state index < -0.39 is 5.97 Å². The molecule has 2 rings (SSSR count). The Morgan fingerprint density at radius 1 is 1.42 bits per heavy atom. The SMILES string of the molecule is Cc1ccc(N2CCCNCC2CC(=O)O)cc1C. The summed E-state index contributed by atoms with van der Waals surface area (Å²) in [5.74, 6) is -0.734. The van der Waals surface area contributed by atoms with Gasteiger partial charge >= 0.3 is 5.97 Å². The average molecular weight is 262 g/mol. The lowest BCUT2D eigenvalue weighted by Crippen LogP contribution is -2.41. The van der Waals surface area contributed by atoms with E-state index >= 15 is 0 Å². The van der Waals surface area contributed by atoms with Crippen LogP contribution in [0, 0.1) is 13.8 Å². The van der Waals surface area contributed by atoms with Crippen LogP contribution in [0.2, 0.25) is 0 Å². The second kappa shape index (κ2) is 6.06. The monoisotopic (exact) mass is 262 g/mol. The molecule has 0 spiro atoms. The maximum absolute atomic E-state index is 11.0. The van der Waals surface area contributed by atoms with Crippen LogP contribution in [0.1, 0.15) is 24.0 Å². The number of carboxylic acids is 1. The summed E-state index contributed by atoms with van der Waals surface area (Å²) in [6, 6.07) is 6.40. The van der Waals surface area contributed by atoms with Gasteiger partial charge in [-0.3, -0.25) is 4.79 Å². The van der Waals surface area contributed by atoms with E-state index in [0.717, 1.165) is 31.7 Å². The van der Waals surface area contributed by atoms with Crippen molar-refractivity contribution in [3.8, 4) is 0 Å². The smallest absolute Gasteiger partial charge is 0.305 e. The van der Waals surface area contributed by atoms with Crippen LogP contribution in [0.15, 0.2) is 18.2 Å². The number of hydrogen-bond donors (Lipinski definition) is 2.